The van der Waals surface area contributed by atoms with Crippen molar-refractivity contribution in [3.8, 4) is 11.5 Å². The first-order chi connectivity index (χ1) is 9.44. The number of fused-ring (bicyclic) bond motifs is 1. The van der Waals surface area contributed by atoms with Crippen LogP contribution < -0.4 is 0 Å². The summed E-state index contributed by atoms with van der Waals surface area (Å²) >= 11 is 0. The quantitative estimate of drug-likeness (QED) is 0.443. The highest BCUT2D eigenvalue weighted by molar-refractivity contribution is 6.83. The molecule has 0 atom stereocenters. The second kappa shape index (κ2) is 5.72. The molecule has 0 aliphatic heterocycles. The molecule has 0 saturated carbocycles. The van der Waals surface area contributed by atoms with Gasteiger partial charge < -0.3 is 4.57 Å². The molecule has 0 unspecified atom stereocenters. The maximum absolute atomic E-state index is 3.84. The van der Waals surface area contributed by atoms with Gasteiger partial charge in [-0.1, -0.05) is 49.8 Å². The Labute approximate surface area is 123 Å². The molecule has 104 valence electrons. The van der Waals surface area contributed by atoms with Crippen LogP contribution in [0.15, 0.2) is 36.9 Å². The van der Waals surface area contributed by atoms with Crippen LogP contribution in [-0.2, 0) is 13.5 Å². The summed E-state index contributed by atoms with van der Waals surface area (Å²) in [7, 11) is 0.777. The lowest BCUT2D eigenvalue weighted by Gasteiger charge is -2.05. The van der Waals surface area contributed by atoms with Crippen LogP contribution in [0.1, 0.15) is 17.7 Å². The van der Waals surface area contributed by atoms with Gasteiger partial charge in [-0.15, -0.1) is 12.1 Å². The summed E-state index contributed by atoms with van der Waals surface area (Å²) in [5.41, 5.74) is 7.33. The summed E-state index contributed by atoms with van der Waals surface area (Å²) < 4.78 is 2.28. The molecule has 0 spiro atoms. The fourth-order valence-electron chi connectivity index (χ4n) is 2.37. The molecule has 2 heteroatoms. The second-order valence-corrected chi connectivity index (χ2v) is 11.0. The zero-order chi connectivity index (χ0) is 14.8. The van der Waals surface area contributed by atoms with Crippen LogP contribution in [-0.4, -0.2) is 12.6 Å². The Hall–Kier alpha value is -1.72. The maximum atomic E-state index is 3.84. The lowest BCUT2D eigenvalue weighted by Crippen LogP contribution is -2.16. The molecule has 0 aliphatic carbocycles. The summed E-state index contributed by atoms with van der Waals surface area (Å²) in [5, 5.41) is 1.28. The third-order valence-electron chi connectivity index (χ3n) is 3.38. The summed E-state index contributed by atoms with van der Waals surface area (Å²) in [6.07, 6.45) is 3.98. The SMILES string of the molecule is C=CCCc1c(C#C[Si](C)(C)C)c2ccccc2n1C. The van der Waals surface area contributed by atoms with E-state index >= 15 is 0 Å². The normalized spacial score (nSPS) is 11.2. The van der Waals surface area contributed by atoms with Gasteiger partial charge in [0.2, 0.25) is 0 Å². The van der Waals surface area contributed by atoms with Crippen molar-refractivity contribution in [2.45, 2.75) is 32.5 Å². The van der Waals surface area contributed by atoms with Gasteiger partial charge in [0, 0.05) is 23.6 Å². The minimum absolute atomic E-state index is 0.992. The number of nitrogens with zero attached hydrogens (tertiary/aromatic N) is 1. The minimum Gasteiger partial charge on any atom is -0.346 e. The molecule has 0 radical (unpaired) electrons. The zero-order valence-corrected chi connectivity index (χ0v) is 14.0. The Morgan fingerprint density at radius 3 is 2.60 bits per heavy atom. The molecule has 0 amide bonds. The van der Waals surface area contributed by atoms with Crippen molar-refractivity contribution in [2.24, 2.45) is 7.05 Å². The molecular weight excluding hydrogens is 258 g/mol. The van der Waals surface area contributed by atoms with E-state index in [0.717, 1.165) is 12.8 Å². The molecule has 0 N–H and O–H groups in total. The van der Waals surface area contributed by atoms with Gasteiger partial charge >= 0.3 is 0 Å². The molecule has 0 aliphatic rings. The van der Waals surface area contributed by atoms with E-state index in [9.17, 15) is 0 Å². The summed E-state index contributed by atoms with van der Waals surface area (Å²) in [4.78, 5) is 0. The zero-order valence-electron chi connectivity index (χ0n) is 13.0. The van der Waals surface area contributed by atoms with Crippen LogP contribution in [0.25, 0.3) is 10.9 Å². The molecule has 2 rings (SSSR count). The first-order valence-electron chi connectivity index (χ1n) is 7.14. The summed E-state index contributed by atoms with van der Waals surface area (Å²) in [6.45, 7) is 10.7. The fourth-order valence-corrected chi connectivity index (χ4v) is 2.87. The average molecular weight is 281 g/mol. The smallest absolute Gasteiger partial charge is 0.129 e. The predicted molar refractivity (Wildman–Crippen MR) is 91.7 cm³/mol. The number of allylic oxidation sites excluding steroid dienone is 1. The number of aromatic nitrogens is 1. The molecule has 20 heavy (non-hydrogen) atoms. The molecule has 1 heterocycles. The van der Waals surface area contributed by atoms with Gasteiger partial charge in [0.1, 0.15) is 8.07 Å². The van der Waals surface area contributed by atoms with E-state index in [0.29, 0.717) is 0 Å². The molecular formula is C18H23NSi. The van der Waals surface area contributed by atoms with Crippen LogP contribution in [0.2, 0.25) is 19.6 Å². The van der Waals surface area contributed by atoms with Crippen LogP contribution in [0.4, 0.5) is 0 Å². The van der Waals surface area contributed by atoms with Crippen molar-refractivity contribution >= 4 is 19.0 Å². The Kier molecular flexibility index (Phi) is 4.20. The van der Waals surface area contributed by atoms with Gasteiger partial charge in [-0.2, -0.15) is 0 Å². The first kappa shape index (κ1) is 14.7. The molecule has 0 saturated heterocycles. The van der Waals surface area contributed by atoms with Gasteiger partial charge in [0.15, 0.2) is 0 Å². The Balaban J connectivity index is 2.64. The molecule has 1 aromatic heterocycles. The number of benzene rings is 1. The van der Waals surface area contributed by atoms with E-state index in [1.54, 1.807) is 0 Å². The highest BCUT2D eigenvalue weighted by atomic mass is 28.3. The third kappa shape index (κ3) is 3.05. The lowest BCUT2D eigenvalue weighted by molar-refractivity contribution is 0.830. The topological polar surface area (TPSA) is 4.93 Å². The number of hydrogen-bond acceptors (Lipinski definition) is 0. The number of rotatable bonds is 3. The molecule has 0 bridgehead atoms. The Morgan fingerprint density at radius 2 is 1.95 bits per heavy atom. The van der Waals surface area contributed by atoms with Crippen molar-refractivity contribution in [1.82, 2.24) is 4.57 Å². The molecule has 1 aromatic carbocycles. The largest absolute Gasteiger partial charge is 0.346 e. The summed E-state index contributed by atoms with van der Waals surface area (Å²) in [5.74, 6) is 3.48. The number of hydrogen-bond donors (Lipinski definition) is 0. The molecule has 1 nitrogen and oxygen atoms in total. The first-order valence-corrected chi connectivity index (χ1v) is 10.6. The average Bonchev–Trinajstić information content (AvgIpc) is 2.66. The van der Waals surface area contributed by atoms with E-state index in [4.69, 9.17) is 0 Å². The number of para-hydroxylation sites is 1. The van der Waals surface area contributed by atoms with Crippen molar-refractivity contribution < 1.29 is 0 Å². The molecule has 0 fully saturated rings. The van der Waals surface area contributed by atoms with Crippen LogP contribution in [0.3, 0.4) is 0 Å². The van der Waals surface area contributed by atoms with Gasteiger partial charge in [0.05, 0.1) is 5.56 Å². The van der Waals surface area contributed by atoms with Gasteiger partial charge in [-0.25, -0.2) is 0 Å². The Bertz CT molecular complexity index is 690. The monoisotopic (exact) mass is 281 g/mol. The van der Waals surface area contributed by atoms with E-state index in [2.05, 4.69) is 73.6 Å². The molecule has 2 aromatic rings. The predicted octanol–water partition coefficient (Wildman–Crippen LogP) is 4.53. The highest BCUT2D eigenvalue weighted by Crippen LogP contribution is 2.25. The van der Waals surface area contributed by atoms with Gasteiger partial charge in [-0.3, -0.25) is 0 Å². The maximum Gasteiger partial charge on any atom is 0.129 e. The van der Waals surface area contributed by atoms with Crippen molar-refractivity contribution in [3.63, 3.8) is 0 Å². The van der Waals surface area contributed by atoms with Gasteiger partial charge in [-0.05, 0) is 18.9 Å². The Morgan fingerprint density at radius 1 is 1.25 bits per heavy atom. The van der Waals surface area contributed by atoms with Gasteiger partial charge in [0.25, 0.3) is 0 Å². The van der Waals surface area contributed by atoms with E-state index in [-0.39, 0.29) is 0 Å². The van der Waals surface area contributed by atoms with Crippen LogP contribution in [0.5, 0.6) is 0 Å². The van der Waals surface area contributed by atoms with Crippen molar-refractivity contribution in [3.05, 3.63) is 48.2 Å². The van der Waals surface area contributed by atoms with Crippen molar-refractivity contribution in [1.29, 1.82) is 0 Å². The van der Waals surface area contributed by atoms with Crippen molar-refractivity contribution in [2.75, 3.05) is 0 Å². The van der Waals surface area contributed by atoms with E-state index < -0.39 is 8.07 Å². The van der Waals surface area contributed by atoms with E-state index in [1.165, 1.54) is 22.2 Å². The minimum atomic E-state index is -1.36. The highest BCUT2D eigenvalue weighted by Gasteiger charge is 2.14. The standard InChI is InChI=1S/C18H23NSi/c1-6-7-11-17-16(13-14-20(3,4)5)15-10-8-9-12-18(15)19(17)2/h6,8-10,12H,1,7,11H2,2-5H3. The number of aryl methyl sites for hydroxylation is 1. The fraction of sp³-hybridized carbons (Fsp3) is 0.333. The lowest BCUT2D eigenvalue weighted by atomic mass is 10.1. The summed E-state index contributed by atoms with van der Waals surface area (Å²) in [6, 6.07) is 8.54. The van der Waals surface area contributed by atoms with Crippen LogP contribution in [0, 0.1) is 11.5 Å². The van der Waals surface area contributed by atoms with Crippen LogP contribution >= 0.6 is 0 Å². The third-order valence-corrected chi connectivity index (χ3v) is 4.25. The second-order valence-electron chi connectivity index (χ2n) is 6.23. The van der Waals surface area contributed by atoms with E-state index in [1.807, 2.05) is 6.08 Å².